The molecule has 0 saturated heterocycles. The van der Waals surface area contributed by atoms with Crippen molar-refractivity contribution in [2.45, 2.75) is 32.3 Å². The number of aromatic nitrogens is 4. The molecule has 0 amide bonds. The van der Waals surface area contributed by atoms with Gasteiger partial charge in [0.05, 0.1) is 23.7 Å². The van der Waals surface area contributed by atoms with E-state index in [-0.39, 0.29) is 12.4 Å². The summed E-state index contributed by atoms with van der Waals surface area (Å²) in [7, 11) is 0. The third kappa shape index (κ3) is 3.40. The van der Waals surface area contributed by atoms with Crippen LogP contribution in [0.5, 0.6) is 0 Å². The second kappa shape index (κ2) is 7.37. The van der Waals surface area contributed by atoms with Crippen LogP contribution >= 0.6 is 0 Å². The number of imidazole rings is 1. The van der Waals surface area contributed by atoms with Gasteiger partial charge in [-0.3, -0.25) is 4.40 Å². The number of nitrogens with zero attached hydrogens (tertiary/aromatic N) is 4. The van der Waals surface area contributed by atoms with Crippen LogP contribution in [-0.4, -0.2) is 24.5 Å². The highest BCUT2D eigenvalue weighted by molar-refractivity contribution is 5.80. The van der Waals surface area contributed by atoms with Crippen molar-refractivity contribution < 1.29 is 9.50 Å². The van der Waals surface area contributed by atoms with Gasteiger partial charge in [-0.05, 0) is 53.9 Å². The molecule has 1 aromatic carbocycles. The molecule has 3 aromatic heterocycles. The molecule has 0 aliphatic heterocycles. The van der Waals surface area contributed by atoms with Crippen molar-refractivity contribution >= 4 is 5.65 Å². The summed E-state index contributed by atoms with van der Waals surface area (Å²) in [6.07, 6.45) is 8.36. The van der Waals surface area contributed by atoms with Gasteiger partial charge in [-0.2, -0.15) is 0 Å². The predicted octanol–water partition coefficient (Wildman–Crippen LogP) is 4.43. The van der Waals surface area contributed by atoms with E-state index in [1.165, 1.54) is 31.4 Å². The molecule has 5 rings (SSSR count). The smallest absolute Gasteiger partial charge is 0.138 e. The molecule has 1 N–H and O–H groups in total. The summed E-state index contributed by atoms with van der Waals surface area (Å²) in [5.41, 5.74) is 4.67. The number of rotatable bonds is 5. The minimum Gasteiger partial charge on any atom is -0.392 e. The molecule has 1 aliphatic carbocycles. The van der Waals surface area contributed by atoms with E-state index < -0.39 is 0 Å². The van der Waals surface area contributed by atoms with E-state index in [1.807, 2.05) is 28.8 Å². The van der Waals surface area contributed by atoms with Crippen LogP contribution in [0.4, 0.5) is 4.39 Å². The number of benzene rings is 1. The molecule has 1 saturated carbocycles. The van der Waals surface area contributed by atoms with Gasteiger partial charge in [0, 0.05) is 24.4 Å². The van der Waals surface area contributed by atoms with Gasteiger partial charge in [-0.15, -0.1) is 0 Å². The van der Waals surface area contributed by atoms with E-state index in [1.54, 1.807) is 18.3 Å². The fraction of sp³-hybridized carbons (Fsp3) is 0.261. The number of hydrogen-bond donors (Lipinski definition) is 1. The van der Waals surface area contributed by atoms with Crippen molar-refractivity contribution in [3.8, 4) is 22.6 Å². The first-order valence-corrected chi connectivity index (χ1v) is 9.91. The van der Waals surface area contributed by atoms with Crippen LogP contribution < -0.4 is 0 Å². The summed E-state index contributed by atoms with van der Waals surface area (Å²) in [5.74, 6) is 1.24. The van der Waals surface area contributed by atoms with Gasteiger partial charge in [0.25, 0.3) is 0 Å². The lowest BCUT2D eigenvalue weighted by molar-refractivity contribution is 0.282. The quantitative estimate of drug-likeness (QED) is 0.549. The summed E-state index contributed by atoms with van der Waals surface area (Å²) in [4.78, 5) is 14.1. The van der Waals surface area contributed by atoms with Crippen molar-refractivity contribution in [1.82, 2.24) is 19.4 Å². The second-order valence-corrected chi connectivity index (χ2v) is 7.60. The third-order valence-corrected chi connectivity index (χ3v) is 5.63. The van der Waals surface area contributed by atoms with Crippen molar-refractivity contribution in [2.24, 2.45) is 5.92 Å². The van der Waals surface area contributed by atoms with Crippen LogP contribution in [0.15, 0.2) is 54.9 Å². The molecule has 0 radical (unpaired) electrons. The lowest BCUT2D eigenvalue weighted by Crippen LogP contribution is -2.15. The van der Waals surface area contributed by atoms with Crippen molar-refractivity contribution in [1.29, 1.82) is 0 Å². The Kier molecular flexibility index (Phi) is 4.56. The highest BCUT2D eigenvalue weighted by Crippen LogP contribution is 2.33. The Morgan fingerprint density at radius 3 is 2.62 bits per heavy atom. The van der Waals surface area contributed by atoms with Crippen LogP contribution in [0, 0.1) is 11.7 Å². The van der Waals surface area contributed by atoms with E-state index >= 15 is 0 Å². The third-order valence-electron chi connectivity index (χ3n) is 5.63. The maximum absolute atomic E-state index is 13.5. The molecular formula is C23H21FN4O. The Morgan fingerprint density at radius 2 is 1.90 bits per heavy atom. The summed E-state index contributed by atoms with van der Waals surface area (Å²) in [5, 5.41) is 9.49. The zero-order chi connectivity index (χ0) is 19.8. The molecule has 29 heavy (non-hydrogen) atoms. The normalized spacial score (nSPS) is 14.3. The highest BCUT2D eigenvalue weighted by Gasteiger charge is 2.21. The van der Waals surface area contributed by atoms with Gasteiger partial charge in [-0.1, -0.05) is 19.3 Å². The fourth-order valence-electron chi connectivity index (χ4n) is 3.82. The van der Waals surface area contributed by atoms with Gasteiger partial charge >= 0.3 is 0 Å². The second-order valence-electron chi connectivity index (χ2n) is 7.60. The van der Waals surface area contributed by atoms with Gasteiger partial charge in [0.1, 0.15) is 17.3 Å². The minimum absolute atomic E-state index is 0.0520. The van der Waals surface area contributed by atoms with Gasteiger partial charge in [0.15, 0.2) is 0 Å². The van der Waals surface area contributed by atoms with E-state index in [0.29, 0.717) is 11.6 Å². The summed E-state index contributed by atoms with van der Waals surface area (Å²) in [6, 6.07) is 11.9. The Balaban J connectivity index is 1.67. The monoisotopic (exact) mass is 388 g/mol. The molecule has 1 aliphatic rings. The Hall–Kier alpha value is -3.12. The Labute approximate surface area is 167 Å². The van der Waals surface area contributed by atoms with Crippen LogP contribution in [0.2, 0.25) is 0 Å². The lowest BCUT2D eigenvalue weighted by atomic mass is 9.83. The van der Waals surface area contributed by atoms with E-state index in [0.717, 1.165) is 40.5 Å². The molecule has 0 atom stereocenters. The molecule has 0 bridgehead atoms. The molecule has 0 spiro atoms. The average Bonchev–Trinajstić information content (AvgIpc) is 3.10. The van der Waals surface area contributed by atoms with Gasteiger partial charge < -0.3 is 5.11 Å². The maximum Gasteiger partial charge on any atom is 0.138 e. The maximum atomic E-state index is 13.5. The Bertz CT molecular complexity index is 1170. The SMILES string of the molecule is OCc1ccn2c(-c3ccnc(CC4CCC4)n3)c(-c3ccc(F)cc3)nc2c1. The fourth-order valence-corrected chi connectivity index (χ4v) is 3.82. The van der Waals surface area contributed by atoms with Crippen molar-refractivity contribution in [2.75, 3.05) is 0 Å². The van der Waals surface area contributed by atoms with E-state index in [4.69, 9.17) is 9.97 Å². The molecule has 146 valence electrons. The van der Waals surface area contributed by atoms with Crippen molar-refractivity contribution in [3.05, 3.63) is 72.1 Å². The zero-order valence-electron chi connectivity index (χ0n) is 15.9. The highest BCUT2D eigenvalue weighted by atomic mass is 19.1. The first-order chi connectivity index (χ1) is 14.2. The summed E-state index contributed by atoms with van der Waals surface area (Å²) >= 11 is 0. The minimum atomic E-state index is -0.286. The van der Waals surface area contributed by atoms with E-state index in [9.17, 15) is 9.50 Å². The molecule has 6 heteroatoms. The largest absolute Gasteiger partial charge is 0.392 e. The number of aliphatic hydroxyl groups is 1. The Morgan fingerprint density at radius 1 is 1.07 bits per heavy atom. The number of pyridine rings is 1. The molecular weight excluding hydrogens is 367 g/mol. The number of aliphatic hydroxyl groups excluding tert-OH is 1. The number of hydrogen-bond acceptors (Lipinski definition) is 4. The molecule has 4 aromatic rings. The lowest BCUT2D eigenvalue weighted by Gasteiger charge is -2.24. The van der Waals surface area contributed by atoms with Crippen LogP contribution in [0.1, 0.15) is 30.7 Å². The summed E-state index contributed by atoms with van der Waals surface area (Å²) < 4.78 is 15.4. The van der Waals surface area contributed by atoms with Crippen LogP contribution in [0.3, 0.4) is 0 Å². The van der Waals surface area contributed by atoms with Crippen LogP contribution in [-0.2, 0) is 13.0 Å². The summed E-state index contributed by atoms with van der Waals surface area (Å²) in [6.45, 7) is -0.0520. The molecule has 0 unspecified atom stereocenters. The molecule has 5 nitrogen and oxygen atoms in total. The molecule has 3 heterocycles. The number of halogens is 1. The van der Waals surface area contributed by atoms with E-state index in [2.05, 4.69) is 4.98 Å². The first-order valence-electron chi connectivity index (χ1n) is 9.91. The van der Waals surface area contributed by atoms with Crippen LogP contribution in [0.25, 0.3) is 28.3 Å². The average molecular weight is 388 g/mol. The van der Waals surface area contributed by atoms with Gasteiger partial charge in [-0.25, -0.2) is 19.3 Å². The standard InChI is InChI=1S/C23H21FN4O/c24-18-6-4-17(5-7-18)22-23(28-11-9-16(14-29)13-21(28)27-22)19-8-10-25-20(26-19)12-15-2-1-3-15/h4-11,13,15,29H,1-3,12,14H2. The molecule has 1 fully saturated rings. The number of fused-ring (bicyclic) bond motifs is 1. The van der Waals surface area contributed by atoms with Gasteiger partial charge in [0.2, 0.25) is 0 Å². The van der Waals surface area contributed by atoms with Crippen molar-refractivity contribution in [3.63, 3.8) is 0 Å². The predicted molar refractivity (Wildman–Crippen MR) is 109 cm³/mol. The topological polar surface area (TPSA) is 63.3 Å². The first kappa shape index (κ1) is 17.9. The zero-order valence-corrected chi connectivity index (χ0v) is 15.9.